The average molecular weight is 320 g/mol. The normalized spacial score (nSPS) is 18.1. The highest BCUT2D eigenvalue weighted by atomic mass is 16.7. The Hall–Kier alpha value is -2.08. The summed E-state index contributed by atoms with van der Waals surface area (Å²) in [6.45, 7) is 6.59. The Balaban J connectivity index is 1.86. The highest BCUT2D eigenvalue weighted by molar-refractivity contribution is 5.89. The monoisotopic (exact) mass is 320 g/mol. The van der Waals surface area contributed by atoms with Gasteiger partial charge in [-0.05, 0) is 39.3 Å². The van der Waals surface area contributed by atoms with Crippen molar-refractivity contribution in [2.24, 2.45) is 0 Å². The van der Waals surface area contributed by atoms with Crippen molar-refractivity contribution in [2.45, 2.75) is 38.8 Å². The molecular weight excluding hydrogens is 296 g/mol. The molecule has 6 nitrogen and oxygen atoms in total. The molecule has 1 heterocycles. The van der Waals surface area contributed by atoms with Crippen LogP contribution in [0.25, 0.3) is 0 Å². The maximum absolute atomic E-state index is 12.1. The molecule has 23 heavy (non-hydrogen) atoms. The van der Waals surface area contributed by atoms with Crippen molar-refractivity contribution < 1.29 is 19.2 Å². The van der Waals surface area contributed by atoms with E-state index in [1.54, 1.807) is 36.2 Å². The lowest BCUT2D eigenvalue weighted by Crippen LogP contribution is -2.39. The van der Waals surface area contributed by atoms with Gasteiger partial charge in [-0.1, -0.05) is 18.2 Å². The first-order valence-corrected chi connectivity index (χ1v) is 7.74. The fourth-order valence-corrected chi connectivity index (χ4v) is 2.36. The quantitative estimate of drug-likeness (QED) is 0.802. The number of carbonyl (C=O) groups is 2. The minimum atomic E-state index is -0.513. The fourth-order valence-electron chi connectivity index (χ4n) is 2.36. The Kier molecular flexibility index (Phi) is 5.26. The first-order chi connectivity index (χ1) is 10.8. The summed E-state index contributed by atoms with van der Waals surface area (Å²) in [5, 5.41) is 1.53. The Morgan fingerprint density at radius 2 is 1.87 bits per heavy atom. The van der Waals surface area contributed by atoms with Gasteiger partial charge in [-0.3, -0.25) is 0 Å². The van der Waals surface area contributed by atoms with Crippen molar-refractivity contribution in [3.05, 3.63) is 35.9 Å². The van der Waals surface area contributed by atoms with Crippen LogP contribution in [-0.4, -0.2) is 53.8 Å². The summed E-state index contributed by atoms with van der Waals surface area (Å²) >= 11 is 0. The lowest BCUT2D eigenvalue weighted by Gasteiger charge is -2.26. The lowest BCUT2D eigenvalue weighted by molar-refractivity contribution is -0.115. The molecule has 1 fully saturated rings. The molecule has 1 aromatic rings. The Bertz CT molecular complexity index is 553. The van der Waals surface area contributed by atoms with Crippen LogP contribution in [0, 0.1) is 0 Å². The van der Waals surface area contributed by atoms with E-state index in [0.717, 1.165) is 6.42 Å². The van der Waals surface area contributed by atoms with Gasteiger partial charge < -0.3 is 14.5 Å². The summed E-state index contributed by atoms with van der Waals surface area (Å²) in [6.07, 6.45) is 0.403. The highest BCUT2D eigenvalue weighted by Crippen LogP contribution is 2.19. The van der Waals surface area contributed by atoms with Gasteiger partial charge in [0.25, 0.3) is 0 Å². The molecule has 0 N–H and O–H groups in total. The molecule has 1 saturated heterocycles. The van der Waals surface area contributed by atoms with Crippen LogP contribution in [0.15, 0.2) is 30.3 Å². The number of ether oxygens (including phenoxy) is 1. The molecule has 1 amide bonds. The second kappa shape index (κ2) is 7.00. The maximum atomic E-state index is 12.1. The number of hydrogen-bond acceptors (Lipinski definition) is 5. The number of likely N-dealkylation sites (tertiary alicyclic amines) is 1. The molecule has 0 aliphatic carbocycles. The zero-order chi connectivity index (χ0) is 17.0. The van der Waals surface area contributed by atoms with Crippen molar-refractivity contribution in [1.29, 1.82) is 0 Å². The fraction of sp³-hybridized carbons (Fsp3) is 0.529. The number of likely N-dealkylation sites (N-methyl/N-ethyl adjacent to an activating group) is 1. The van der Waals surface area contributed by atoms with Crippen LogP contribution in [0.4, 0.5) is 4.79 Å². The Morgan fingerprint density at radius 1 is 1.22 bits per heavy atom. The van der Waals surface area contributed by atoms with Crippen LogP contribution in [-0.2, 0) is 9.57 Å². The van der Waals surface area contributed by atoms with Crippen LogP contribution in [0.1, 0.15) is 37.6 Å². The third kappa shape index (κ3) is 4.96. The van der Waals surface area contributed by atoms with E-state index in [1.165, 1.54) is 5.06 Å². The van der Waals surface area contributed by atoms with E-state index in [0.29, 0.717) is 18.7 Å². The number of nitrogens with zero attached hydrogens (tertiary/aromatic N) is 2. The smallest absolute Gasteiger partial charge is 0.410 e. The van der Waals surface area contributed by atoms with Gasteiger partial charge in [-0.2, -0.15) is 0 Å². The van der Waals surface area contributed by atoms with Gasteiger partial charge >= 0.3 is 12.1 Å². The summed E-state index contributed by atoms with van der Waals surface area (Å²) in [7, 11) is 1.71. The molecule has 6 heteroatoms. The first kappa shape index (κ1) is 17.3. The largest absolute Gasteiger partial charge is 0.444 e. The van der Waals surface area contributed by atoms with E-state index in [4.69, 9.17) is 9.57 Å². The summed E-state index contributed by atoms with van der Waals surface area (Å²) in [5.41, 5.74) is -0.0118. The van der Waals surface area contributed by atoms with E-state index in [-0.39, 0.29) is 12.1 Å². The van der Waals surface area contributed by atoms with Crippen LogP contribution in [0.3, 0.4) is 0 Å². The standard InChI is InChI=1S/C17H24N2O4/c1-17(2,3)22-16(21)19-11-10-14(12-19)18(4)23-15(20)13-8-6-5-7-9-13/h5-9,14H,10-12H2,1-4H3/t14-/m0/s1. The summed E-state index contributed by atoms with van der Waals surface area (Å²) in [6, 6.07) is 8.80. The van der Waals surface area contributed by atoms with Crippen molar-refractivity contribution in [3.63, 3.8) is 0 Å². The van der Waals surface area contributed by atoms with Gasteiger partial charge in [-0.15, -0.1) is 5.06 Å². The molecule has 0 radical (unpaired) electrons. The number of amides is 1. The maximum Gasteiger partial charge on any atom is 0.410 e. The third-order valence-electron chi connectivity index (χ3n) is 3.57. The molecule has 1 aliphatic rings. The molecule has 0 spiro atoms. The predicted octanol–water partition coefficient (Wildman–Crippen LogP) is 2.70. The number of hydrogen-bond donors (Lipinski definition) is 0. The number of carbonyl (C=O) groups excluding carboxylic acids is 2. The molecule has 0 saturated carbocycles. The van der Waals surface area contributed by atoms with Gasteiger partial charge in [0, 0.05) is 20.1 Å². The Morgan fingerprint density at radius 3 is 2.48 bits per heavy atom. The topological polar surface area (TPSA) is 59.1 Å². The molecule has 0 bridgehead atoms. The van der Waals surface area contributed by atoms with E-state index in [2.05, 4.69) is 0 Å². The molecule has 2 rings (SSSR count). The van der Waals surface area contributed by atoms with Gasteiger partial charge in [-0.25, -0.2) is 9.59 Å². The van der Waals surface area contributed by atoms with E-state index < -0.39 is 11.6 Å². The van der Waals surface area contributed by atoms with Crippen LogP contribution in [0.5, 0.6) is 0 Å². The molecule has 1 aromatic carbocycles. The minimum absolute atomic E-state index is 0.0322. The van der Waals surface area contributed by atoms with Crippen molar-refractivity contribution >= 4 is 12.1 Å². The van der Waals surface area contributed by atoms with Gasteiger partial charge in [0.2, 0.25) is 0 Å². The van der Waals surface area contributed by atoms with Gasteiger partial charge in [0.1, 0.15) is 5.60 Å². The SMILES string of the molecule is CN(OC(=O)c1ccccc1)[C@H]1CCN(C(=O)OC(C)(C)C)C1. The van der Waals surface area contributed by atoms with Crippen LogP contribution >= 0.6 is 0 Å². The van der Waals surface area contributed by atoms with E-state index in [9.17, 15) is 9.59 Å². The van der Waals surface area contributed by atoms with Gasteiger partial charge in [0.15, 0.2) is 0 Å². The van der Waals surface area contributed by atoms with E-state index in [1.807, 2.05) is 26.8 Å². The summed E-state index contributed by atoms with van der Waals surface area (Å²) in [4.78, 5) is 31.1. The molecule has 1 atom stereocenters. The molecule has 1 aliphatic heterocycles. The lowest BCUT2D eigenvalue weighted by atomic mass is 10.2. The van der Waals surface area contributed by atoms with E-state index >= 15 is 0 Å². The molecular formula is C17H24N2O4. The van der Waals surface area contributed by atoms with Crippen LogP contribution in [0.2, 0.25) is 0 Å². The zero-order valence-electron chi connectivity index (χ0n) is 14.1. The minimum Gasteiger partial charge on any atom is -0.444 e. The summed E-state index contributed by atoms with van der Waals surface area (Å²) in [5.74, 6) is -0.399. The van der Waals surface area contributed by atoms with Gasteiger partial charge in [0.05, 0.1) is 11.6 Å². The summed E-state index contributed by atoms with van der Waals surface area (Å²) < 4.78 is 5.36. The van der Waals surface area contributed by atoms with Crippen molar-refractivity contribution in [2.75, 3.05) is 20.1 Å². The predicted molar refractivity (Wildman–Crippen MR) is 85.8 cm³/mol. The zero-order valence-corrected chi connectivity index (χ0v) is 14.1. The number of benzene rings is 1. The average Bonchev–Trinajstić information content (AvgIpc) is 2.96. The Labute approximate surface area is 136 Å². The second-order valence-electron chi connectivity index (χ2n) is 6.66. The van der Waals surface area contributed by atoms with Crippen LogP contribution < -0.4 is 0 Å². The highest BCUT2D eigenvalue weighted by Gasteiger charge is 2.33. The van der Waals surface area contributed by atoms with Crippen molar-refractivity contribution in [1.82, 2.24) is 9.96 Å². The van der Waals surface area contributed by atoms with Crippen molar-refractivity contribution in [3.8, 4) is 0 Å². The first-order valence-electron chi connectivity index (χ1n) is 7.74. The molecule has 0 aromatic heterocycles. The third-order valence-corrected chi connectivity index (χ3v) is 3.57. The second-order valence-corrected chi connectivity index (χ2v) is 6.66. The molecule has 126 valence electrons. The number of hydroxylamine groups is 2. The number of rotatable bonds is 3. The molecule has 0 unspecified atom stereocenters.